The van der Waals surface area contributed by atoms with E-state index < -0.39 is 12.1 Å². The number of benzene rings is 1. The maximum atomic E-state index is 12.2. The van der Waals surface area contributed by atoms with Crippen LogP contribution in [-0.4, -0.2) is 50.6 Å². The van der Waals surface area contributed by atoms with E-state index in [1.807, 2.05) is 23.1 Å². The topological polar surface area (TPSA) is 86.3 Å². The summed E-state index contributed by atoms with van der Waals surface area (Å²) in [6.07, 6.45) is -2.47. The van der Waals surface area contributed by atoms with Crippen molar-refractivity contribution >= 4 is 11.9 Å². The summed E-state index contributed by atoms with van der Waals surface area (Å²) < 4.78 is 31.7. The highest BCUT2D eigenvalue weighted by Crippen LogP contribution is 2.31. The highest BCUT2D eigenvalue weighted by molar-refractivity contribution is 5.80. The van der Waals surface area contributed by atoms with Crippen LogP contribution in [0.3, 0.4) is 0 Å². The van der Waals surface area contributed by atoms with Gasteiger partial charge in [-0.25, -0.2) is 9.78 Å². The van der Waals surface area contributed by atoms with Crippen LogP contribution in [0.4, 0.5) is 13.2 Å². The van der Waals surface area contributed by atoms with Gasteiger partial charge >= 0.3 is 12.1 Å². The third-order valence-corrected chi connectivity index (χ3v) is 4.76. The van der Waals surface area contributed by atoms with Crippen molar-refractivity contribution in [2.75, 3.05) is 6.54 Å². The van der Waals surface area contributed by atoms with Gasteiger partial charge in [-0.1, -0.05) is 43.7 Å². The van der Waals surface area contributed by atoms with Crippen molar-refractivity contribution in [3.8, 4) is 11.3 Å². The number of carboxylic acids is 1. The minimum Gasteiger partial charge on any atom is -0.475 e. The number of rotatable bonds is 5. The predicted octanol–water partition coefficient (Wildman–Crippen LogP) is 4.39. The van der Waals surface area contributed by atoms with Crippen molar-refractivity contribution in [3.05, 3.63) is 41.9 Å². The summed E-state index contributed by atoms with van der Waals surface area (Å²) >= 11 is 0. The minimum absolute atomic E-state index is 0.179. The van der Waals surface area contributed by atoms with Crippen LogP contribution in [0.2, 0.25) is 0 Å². The number of nitrogens with one attached hydrogen (secondary N) is 1. The lowest BCUT2D eigenvalue weighted by Gasteiger charge is -2.20. The highest BCUT2D eigenvalue weighted by atomic mass is 19.4. The molecule has 1 amide bonds. The molecule has 0 saturated carbocycles. The summed E-state index contributed by atoms with van der Waals surface area (Å²) in [6, 6.07) is 10.6. The van der Waals surface area contributed by atoms with E-state index in [9.17, 15) is 18.0 Å². The smallest absolute Gasteiger partial charge is 0.475 e. The molecular weight excluding hydrogens is 399 g/mol. The molecule has 3 rings (SSSR count). The molecule has 1 atom stereocenters. The van der Waals surface area contributed by atoms with Crippen molar-refractivity contribution in [1.82, 2.24) is 14.9 Å². The van der Waals surface area contributed by atoms with E-state index in [0.717, 1.165) is 36.5 Å². The number of hydrogen-bond acceptors (Lipinski definition) is 3. The number of alkyl halides is 3. The Kier molecular flexibility index (Phi) is 7.64. The fourth-order valence-corrected chi connectivity index (χ4v) is 3.30. The Morgan fingerprint density at radius 2 is 1.90 bits per heavy atom. The Morgan fingerprint density at radius 1 is 1.30 bits per heavy atom. The van der Waals surface area contributed by atoms with Gasteiger partial charge in [0.05, 0.1) is 5.69 Å². The van der Waals surface area contributed by atoms with Crippen LogP contribution >= 0.6 is 0 Å². The molecule has 1 saturated heterocycles. The van der Waals surface area contributed by atoms with Gasteiger partial charge in [0.2, 0.25) is 5.91 Å². The van der Waals surface area contributed by atoms with Gasteiger partial charge in [0.1, 0.15) is 5.82 Å². The lowest BCUT2D eigenvalue weighted by atomic mass is 10.1. The third-order valence-electron chi connectivity index (χ3n) is 4.76. The molecule has 0 bridgehead atoms. The maximum absolute atomic E-state index is 12.2. The summed E-state index contributed by atoms with van der Waals surface area (Å²) in [7, 11) is 0. The van der Waals surface area contributed by atoms with Crippen molar-refractivity contribution in [3.63, 3.8) is 0 Å². The van der Waals surface area contributed by atoms with Crippen LogP contribution in [0, 0.1) is 0 Å². The fourth-order valence-electron chi connectivity index (χ4n) is 3.30. The minimum atomic E-state index is -5.08. The number of amides is 1. The molecule has 1 unspecified atom stereocenters. The molecular formula is C21H26F3N3O3. The molecule has 2 N–H and O–H groups in total. The number of carbonyl (C=O) groups is 2. The average molecular weight is 425 g/mol. The molecule has 0 spiro atoms. The zero-order valence-electron chi connectivity index (χ0n) is 17.2. The number of nitrogens with zero attached hydrogens (tertiary/aromatic N) is 2. The van der Waals surface area contributed by atoms with Gasteiger partial charge in [0, 0.05) is 36.2 Å². The van der Waals surface area contributed by atoms with Gasteiger partial charge in [-0.2, -0.15) is 13.2 Å². The molecule has 1 aromatic heterocycles. The number of likely N-dealkylation sites (tertiary alicyclic amines) is 1. The molecule has 6 nitrogen and oxygen atoms in total. The molecule has 1 fully saturated rings. The molecule has 2 aromatic rings. The number of aliphatic carboxylic acids is 1. The second kappa shape index (κ2) is 9.77. The summed E-state index contributed by atoms with van der Waals surface area (Å²) in [5.41, 5.74) is 3.37. The molecule has 0 aliphatic carbocycles. The molecule has 0 radical (unpaired) electrons. The second-order valence-corrected chi connectivity index (χ2v) is 7.41. The number of aryl methyl sites for hydroxylation is 1. The number of aromatic nitrogens is 2. The van der Waals surface area contributed by atoms with E-state index in [-0.39, 0.29) is 17.9 Å². The molecule has 30 heavy (non-hydrogen) atoms. The lowest BCUT2D eigenvalue weighted by molar-refractivity contribution is -0.192. The van der Waals surface area contributed by atoms with Crippen molar-refractivity contribution in [2.24, 2.45) is 0 Å². The average Bonchev–Trinajstić information content (AvgIpc) is 3.26. The van der Waals surface area contributed by atoms with Crippen molar-refractivity contribution in [1.29, 1.82) is 0 Å². The first-order valence-corrected chi connectivity index (χ1v) is 9.78. The lowest BCUT2D eigenvalue weighted by Crippen LogP contribution is -2.31. The molecule has 2 heterocycles. The number of carbonyl (C=O) groups excluding carboxylic acids is 1. The Balaban J connectivity index is 0.000000396. The Morgan fingerprint density at radius 3 is 2.37 bits per heavy atom. The normalized spacial score (nSPS) is 16.6. The SMILES string of the molecule is CCCc1[nH]c(C2CC(=O)N(C(C)C)C2)nc1-c1ccccc1.O=C(O)C(F)(F)F. The second-order valence-electron chi connectivity index (χ2n) is 7.41. The fraction of sp³-hybridized carbons (Fsp3) is 0.476. The summed E-state index contributed by atoms with van der Waals surface area (Å²) in [5, 5.41) is 7.12. The molecule has 1 aliphatic heterocycles. The van der Waals surface area contributed by atoms with Crippen molar-refractivity contribution < 1.29 is 27.9 Å². The van der Waals surface area contributed by atoms with Gasteiger partial charge < -0.3 is 15.0 Å². The standard InChI is InChI=1S/C19H25N3O.C2HF3O2/c1-4-8-16-18(14-9-6-5-7-10-14)21-19(20-16)15-11-17(23)22(12-15)13(2)3;3-2(4,5)1(6)7/h5-7,9-10,13,15H,4,8,11-12H2,1-3H3,(H,20,21);(H,6,7). The first-order chi connectivity index (χ1) is 14.0. The van der Waals surface area contributed by atoms with Crippen LogP contribution in [-0.2, 0) is 16.0 Å². The Bertz CT molecular complexity index is 863. The largest absolute Gasteiger partial charge is 0.490 e. The number of halogens is 3. The molecule has 1 aromatic carbocycles. The summed E-state index contributed by atoms with van der Waals surface area (Å²) in [6.45, 7) is 7.08. The summed E-state index contributed by atoms with van der Waals surface area (Å²) in [4.78, 5) is 31.4. The van der Waals surface area contributed by atoms with Crippen LogP contribution in [0.25, 0.3) is 11.3 Å². The van der Waals surface area contributed by atoms with Gasteiger partial charge in [-0.3, -0.25) is 4.79 Å². The quantitative estimate of drug-likeness (QED) is 0.744. The van der Waals surface area contributed by atoms with Gasteiger partial charge in [0.15, 0.2) is 0 Å². The monoisotopic (exact) mass is 425 g/mol. The zero-order valence-corrected chi connectivity index (χ0v) is 17.2. The van der Waals surface area contributed by atoms with Crippen molar-refractivity contribution in [2.45, 2.75) is 58.2 Å². The molecule has 9 heteroatoms. The van der Waals surface area contributed by atoms with Crippen LogP contribution in [0.15, 0.2) is 30.3 Å². The summed E-state index contributed by atoms with van der Waals surface area (Å²) in [5.74, 6) is -1.38. The molecule has 1 aliphatic rings. The number of carboxylic acid groups (broad SMARTS) is 1. The van der Waals surface area contributed by atoms with E-state index >= 15 is 0 Å². The van der Waals surface area contributed by atoms with E-state index in [0.29, 0.717) is 6.42 Å². The van der Waals surface area contributed by atoms with E-state index in [1.54, 1.807) is 0 Å². The first-order valence-electron chi connectivity index (χ1n) is 9.78. The number of aromatic amines is 1. The Labute approximate surface area is 173 Å². The molecule has 164 valence electrons. The van der Waals surface area contributed by atoms with Crippen LogP contribution < -0.4 is 0 Å². The first kappa shape index (κ1) is 23.4. The van der Waals surface area contributed by atoms with Crippen LogP contribution in [0.1, 0.15) is 51.0 Å². The number of H-pyrrole nitrogens is 1. The van der Waals surface area contributed by atoms with E-state index in [2.05, 4.69) is 37.9 Å². The van der Waals surface area contributed by atoms with Gasteiger partial charge in [0.25, 0.3) is 0 Å². The van der Waals surface area contributed by atoms with E-state index in [1.165, 1.54) is 5.69 Å². The number of hydrogen-bond donors (Lipinski definition) is 2. The highest BCUT2D eigenvalue weighted by Gasteiger charge is 2.38. The van der Waals surface area contributed by atoms with Crippen LogP contribution in [0.5, 0.6) is 0 Å². The van der Waals surface area contributed by atoms with Gasteiger partial charge in [-0.15, -0.1) is 0 Å². The van der Waals surface area contributed by atoms with Gasteiger partial charge in [-0.05, 0) is 20.3 Å². The third kappa shape index (κ3) is 5.84. The zero-order chi connectivity index (χ0) is 22.5. The maximum Gasteiger partial charge on any atom is 0.490 e. The Hall–Kier alpha value is -2.84. The number of imidazole rings is 1. The predicted molar refractivity (Wildman–Crippen MR) is 106 cm³/mol. The van der Waals surface area contributed by atoms with E-state index in [4.69, 9.17) is 14.9 Å².